The summed E-state index contributed by atoms with van der Waals surface area (Å²) in [4.78, 5) is 21.4. The van der Waals surface area contributed by atoms with Crippen LogP contribution < -0.4 is 9.47 Å². The monoisotopic (exact) mass is 447 g/mol. The summed E-state index contributed by atoms with van der Waals surface area (Å²) in [6.45, 7) is 3.34. The van der Waals surface area contributed by atoms with Crippen LogP contribution in [0, 0.1) is 5.92 Å². The number of H-pyrrole nitrogens is 1. The highest BCUT2D eigenvalue weighted by Crippen LogP contribution is 2.43. The van der Waals surface area contributed by atoms with E-state index in [1.54, 1.807) is 6.92 Å². The fourth-order valence-corrected chi connectivity index (χ4v) is 5.99. The standard InChI is InChI=1S/C26H29N3O4/c1-15(30)24-20(28(2)13-16-7-8-22-23(11-16)33-14-32-22)12-21-25-18(9-10-29(21)26(24)31)17-5-3-4-6-19(17)27-25/h3-8,11,15,20-21,24,27,30H,9-10,12-14H2,1-2H3. The summed E-state index contributed by atoms with van der Waals surface area (Å²) in [5.41, 5.74) is 4.70. The molecule has 3 aromatic rings. The first-order valence-electron chi connectivity index (χ1n) is 11.7. The summed E-state index contributed by atoms with van der Waals surface area (Å²) >= 11 is 0. The number of carbonyl (C=O) groups excluding carboxylic acids is 1. The fraction of sp³-hybridized carbons (Fsp3) is 0.423. The van der Waals surface area contributed by atoms with E-state index in [0.717, 1.165) is 41.1 Å². The SMILES string of the molecule is CC(O)C1C(=O)N2CCc3c([nH]c4ccccc34)C2CC1N(C)Cc1ccc2c(c1)OCO2. The number of amides is 1. The van der Waals surface area contributed by atoms with Crippen molar-refractivity contribution in [3.8, 4) is 11.5 Å². The van der Waals surface area contributed by atoms with Crippen molar-refractivity contribution in [1.82, 2.24) is 14.8 Å². The molecule has 0 radical (unpaired) electrons. The molecule has 2 N–H and O–H groups in total. The largest absolute Gasteiger partial charge is 0.454 e. The number of fused-ring (bicyclic) bond motifs is 6. The normalized spacial score (nSPS) is 24.8. The maximum Gasteiger partial charge on any atom is 0.231 e. The van der Waals surface area contributed by atoms with Crippen molar-refractivity contribution < 1.29 is 19.4 Å². The van der Waals surface area contributed by atoms with Gasteiger partial charge in [0.15, 0.2) is 11.5 Å². The van der Waals surface area contributed by atoms with Gasteiger partial charge >= 0.3 is 0 Å². The van der Waals surface area contributed by atoms with E-state index in [1.807, 2.05) is 36.2 Å². The Bertz CT molecular complexity index is 1220. The van der Waals surface area contributed by atoms with Crippen molar-refractivity contribution in [2.45, 2.75) is 44.5 Å². The van der Waals surface area contributed by atoms with Crippen LogP contribution in [0.1, 0.15) is 36.2 Å². The molecule has 0 spiro atoms. The van der Waals surface area contributed by atoms with E-state index >= 15 is 0 Å². The van der Waals surface area contributed by atoms with Crippen molar-refractivity contribution >= 4 is 16.8 Å². The number of aromatic nitrogens is 1. The minimum Gasteiger partial charge on any atom is -0.454 e. The predicted octanol–water partition coefficient (Wildman–Crippen LogP) is 3.22. The van der Waals surface area contributed by atoms with Gasteiger partial charge in [-0.2, -0.15) is 0 Å². The van der Waals surface area contributed by atoms with Gasteiger partial charge in [-0.3, -0.25) is 9.69 Å². The van der Waals surface area contributed by atoms with Gasteiger partial charge in [0.25, 0.3) is 0 Å². The number of benzene rings is 2. The number of rotatable bonds is 4. The highest BCUT2D eigenvalue weighted by atomic mass is 16.7. The van der Waals surface area contributed by atoms with Gasteiger partial charge in [0.1, 0.15) is 0 Å². The van der Waals surface area contributed by atoms with Crippen LogP contribution in [0.2, 0.25) is 0 Å². The van der Waals surface area contributed by atoms with Crippen LogP contribution in [0.3, 0.4) is 0 Å². The molecule has 0 bridgehead atoms. The summed E-state index contributed by atoms with van der Waals surface area (Å²) < 4.78 is 11.0. The van der Waals surface area contributed by atoms with Gasteiger partial charge in [-0.25, -0.2) is 0 Å². The van der Waals surface area contributed by atoms with Gasteiger partial charge in [-0.15, -0.1) is 0 Å². The van der Waals surface area contributed by atoms with E-state index in [1.165, 1.54) is 10.9 Å². The van der Waals surface area contributed by atoms with Gasteiger partial charge in [0, 0.05) is 35.7 Å². The lowest BCUT2D eigenvalue weighted by Crippen LogP contribution is -2.58. The second kappa shape index (κ2) is 7.78. The summed E-state index contributed by atoms with van der Waals surface area (Å²) in [6.07, 6.45) is 0.903. The van der Waals surface area contributed by atoms with E-state index in [2.05, 4.69) is 28.1 Å². The van der Waals surface area contributed by atoms with Crippen LogP contribution in [0.15, 0.2) is 42.5 Å². The molecule has 0 saturated carbocycles. The molecular formula is C26H29N3O4. The van der Waals surface area contributed by atoms with E-state index in [-0.39, 0.29) is 24.8 Å². The molecule has 33 heavy (non-hydrogen) atoms. The van der Waals surface area contributed by atoms with Crippen LogP contribution >= 0.6 is 0 Å². The highest BCUT2D eigenvalue weighted by Gasteiger charge is 2.48. The Kier molecular flexibility index (Phi) is 4.85. The van der Waals surface area contributed by atoms with Crippen molar-refractivity contribution in [2.75, 3.05) is 20.4 Å². The van der Waals surface area contributed by atoms with Gasteiger partial charge in [0.2, 0.25) is 12.7 Å². The zero-order valence-corrected chi connectivity index (χ0v) is 19.0. The molecule has 1 saturated heterocycles. The number of carbonyl (C=O) groups is 1. The molecule has 0 aliphatic carbocycles. The van der Waals surface area contributed by atoms with E-state index in [0.29, 0.717) is 13.1 Å². The van der Waals surface area contributed by atoms with Crippen molar-refractivity contribution in [1.29, 1.82) is 0 Å². The van der Waals surface area contributed by atoms with Crippen molar-refractivity contribution in [2.24, 2.45) is 5.92 Å². The Morgan fingerprint density at radius 3 is 2.88 bits per heavy atom. The Morgan fingerprint density at radius 1 is 1.21 bits per heavy atom. The van der Waals surface area contributed by atoms with E-state index in [4.69, 9.17) is 9.47 Å². The Balaban J connectivity index is 1.33. The Hall–Kier alpha value is -3.03. The smallest absolute Gasteiger partial charge is 0.231 e. The third-order valence-electron chi connectivity index (χ3n) is 7.56. The predicted molar refractivity (Wildman–Crippen MR) is 124 cm³/mol. The molecule has 172 valence electrons. The summed E-state index contributed by atoms with van der Waals surface area (Å²) in [6, 6.07) is 14.3. The number of para-hydroxylation sites is 1. The number of aliphatic hydroxyl groups is 1. The Morgan fingerprint density at radius 2 is 2.03 bits per heavy atom. The number of aromatic amines is 1. The molecule has 3 aliphatic rings. The molecule has 6 rings (SSSR count). The first-order valence-corrected chi connectivity index (χ1v) is 11.7. The zero-order chi connectivity index (χ0) is 22.7. The number of ether oxygens (including phenoxy) is 2. The quantitative estimate of drug-likeness (QED) is 0.642. The molecular weight excluding hydrogens is 418 g/mol. The van der Waals surface area contributed by atoms with Crippen LogP contribution in [0.25, 0.3) is 10.9 Å². The van der Waals surface area contributed by atoms with Crippen LogP contribution in [0.4, 0.5) is 0 Å². The maximum absolute atomic E-state index is 13.6. The lowest BCUT2D eigenvalue weighted by Gasteiger charge is -2.49. The third kappa shape index (κ3) is 3.30. The molecule has 7 heteroatoms. The summed E-state index contributed by atoms with van der Waals surface area (Å²) in [5, 5.41) is 11.9. The highest BCUT2D eigenvalue weighted by molar-refractivity contribution is 5.87. The average molecular weight is 448 g/mol. The van der Waals surface area contributed by atoms with E-state index in [9.17, 15) is 9.90 Å². The summed E-state index contributed by atoms with van der Waals surface area (Å²) in [7, 11) is 2.04. The van der Waals surface area contributed by atoms with Gasteiger partial charge in [-0.05, 0) is 56.1 Å². The lowest BCUT2D eigenvalue weighted by atomic mass is 9.79. The number of nitrogens with one attached hydrogen (secondary N) is 1. The minimum atomic E-state index is -0.716. The molecule has 2 aromatic carbocycles. The number of aliphatic hydroxyl groups excluding tert-OH is 1. The summed E-state index contributed by atoms with van der Waals surface area (Å²) in [5.74, 6) is 1.12. The van der Waals surface area contributed by atoms with Crippen LogP contribution in [0.5, 0.6) is 11.5 Å². The molecule has 4 heterocycles. The molecule has 1 fully saturated rings. The Labute approximate surface area is 192 Å². The first kappa shape index (κ1) is 20.6. The topological polar surface area (TPSA) is 78.0 Å². The number of nitrogens with zero attached hydrogens (tertiary/aromatic N) is 2. The third-order valence-corrected chi connectivity index (χ3v) is 7.56. The average Bonchev–Trinajstić information content (AvgIpc) is 3.42. The second-order valence-electron chi connectivity index (χ2n) is 9.53. The molecule has 1 aromatic heterocycles. The van der Waals surface area contributed by atoms with Crippen LogP contribution in [-0.2, 0) is 17.8 Å². The van der Waals surface area contributed by atoms with E-state index < -0.39 is 12.0 Å². The number of piperidine rings is 1. The van der Waals surface area contributed by atoms with Crippen molar-refractivity contribution in [3.63, 3.8) is 0 Å². The molecule has 4 atom stereocenters. The second-order valence-corrected chi connectivity index (χ2v) is 9.53. The maximum atomic E-state index is 13.6. The fourth-order valence-electron chi connectivity index (χ4n) is 5.99. The first-order chi connectivity index (χ1) is 16.0. The van der Waals surface area contributed by atoms with Gasteiger partial charge < -0.3 is 24.5 Å². The number of hydrogen-bond acceptors (Lipinski definition) is 5. The number of hydrogen-bond donors (Lipinski definition) is 2. The van der Waals surface area contributed by atoms with Crippen molar-refractivity contribution in [3.05, 3.63) is 59.3 Å². The molecule has 3 aliphatic heterocycles. The van der Waals surface area contributed by atoms with Crippen LogP contribution in [-0.4, -0.2) is 58.3 Å². The zero-order valence-electron chi connectivity index (χ0n) is 19.0. The minimum absolute atomic E-state index is 0.00662. The molecule has 4 unspecified atom stereocenters. The lowest BCUT2D eigenvalue weighted by molar-refractivity contribution is -0.153. The molecule has 1 amide bonds. The van der Waals surface area contributed by atoms with Gasteiger partial charge in [-0.1, -0.05) is 24.3 Å². The van der Waals surface area contributed by atoms with Gasteiger partial charge in [0.05, 0.1) is 18.1 Å². The molecule has 7 nitrogen and oxygen atoms in total.